The lowest BCUT2D eigenvalue weighted by Crippen LogP contribution is -2.23. The van der Waals surface area contributed by atoms with Gasteiger partial charge < -0.3 is 5.32 Å². The third-order valence-corrected chi connectivity index (χ3v) is 5.62. The summed E-state index contributed by atoms with van der Waals surface area (Å²) in [6.07, 6.45) is 3.32. The van der Waals surface area contributed by atoms with Crippen LogP contribution in [0.1, 0.15) is 15.2 Å². The quantitative estimate of drug-likeness (QED) is 0.899. The van der Waals surface area contributed by atoms with E-state index < -0.39 is 10.0 Å². The molecule has 1 amide bonds. The lowest BCUT2D eigenvalue weighted by molar-refractivity contribution is 0.0955. The van der Waals surface area contributed by atoms with E-state index in [4.69, 9.17) is 0 Å². The Morgan fingerprint density at radius 1 is 1.43 bits per heavy atom. The number of amides is 1. The molecule has 2 aromatic rings. The molecule has 0 aliphatic carbocycles. The van der Waals surface area contributed by atoms with Crippen LogP contribution in [-0.2, 0) is 16.6 Å². The summed E-state index contributed by atoms with van der Waals surface area (Å²) in [5.74, 6) is -0.302. The number of sulfonamides is 1. The number of carbonyl (C=O) groups excluding carboxylic acids is 1. The van der Waals surface area contributed by atoms with Gasteiger partial charge in [0.2, 0.25) is 10.0 Å². The molecule has 1 N–H and O–H groups in total. The van der Waals surface area contributed by atoms with Crippen LogP contribution >= 0.6 is 11.3 Å². The first-order valence-corrected chi connectivity index (χ1v) is 8.41. The number of nitrogens with one attached hydrogen (secondary N) is 1. The summed E-state index contributed by atoms with van der Waals surface area (Å²) in [7, 11) is -0.596. The molecule has 6 nitrogen and oxygen atoms in total. The SMILES string of the molecule is CN(C)S(=O)(=O)c1csc(C(=O)NCc2cccnc2)c1. The van der Waals surface area contributed by atoms with Gasteiger partial charge in [0.1, 0.15) is 0 Å². The molecule has 112 valence electrons. The molecule has 0 saturated heterocycles. The van der Waals surface area contributed by atoms with Crippen LogP contribution in [0.3, 0.4) is 0 Å². The van der Waals surface area contributed by atoms with Crippen molar-refractivity contribution in [1.82, 2.24) is 14.6 Å². The van der Waals surface area contributed by atoms with Crippen LogP contribution in [0.15, 0.2) is 40.9 Å². The van der Waals surface area contributed by atoms with Gasteiger partial charge in [0, 0.05) is 38.4 Å². The molecule has 8 heteroatoms. The third kappa shape index (κ3) is 3.66. The first-order valence-electron chi connectivity index (χ1n) is 6.09. The van der Waals surface area contributed by atoms with Crippen molar-refractivity contribution in [2.75, 3.05) is 14.1 Å². The predicted molar refractivity (Wildman–Crippen MR) is 80.6 cm³/mol. The van der Waals surface area contributed by atoms with Crippen molar-refractivity contribution in [3.05, 3.63) is 46.4 Å². The zero-order chi connectivity index (χ0) is 15.5. The van der Waals surface area contributed by atoms with Crippen LogP contribution in [-0.4, -0.2) is 37.7 Å². The van der Waals surface area contributed by atoms with Crippen molar-refractivity contribution in [2.45, 2.75) is 11.4 Å². The van der Waals surface area contributed by atoms with E-state index in [1.807, 2.05) is 6.07 Å². The van der Waals surface area contributed by atoms with E-state index in [-0.39, 0.29) is 10.8 Å². The van der Waals surface area contributed by atoms with Crippen molar-refractivity contribution >= 4 is 27.3 Å². The van der Waals surface area contributed by atoms with Gasteiger partial charge in [-0.1, -0.05) is 6.07 Å². The number of thiophene rings is 1. The van der Waals surface area contributed by atoms with Crippen LogP contribution < -0.4 is 5.32 Å². The maximum atomic E-state index is 12.0. The maximum Gasteiger partial charge on any atom is 0.261 e. The molecule has 0 atom stereocenters. The molecule has 0 saturated carbocycles. The second kappa shape index (κ2) is 6.33. The van der Waals surface area contributed by atoms with Crippen molar-refractivity contribution in [3.8, 4) is 0 Å². The molecule has 0 unspecified atom stereocenters. The fourth-order valence-electron chi connectivity index (χ4n) is 1.56. The summed E-state index contributed by atoms with van der Waals surface area (Å²) >= 11 is 1.10. The van der Waals surface area contributed by atoms with E-state index >= 15 is 0 Å². The predicted octanol–water partition coefficient (Wildman–Crippen LogP) is 1.32. The lowest BCUT2D eigenvalue weighted by Gasteiger charge is -2.08. The van der Waals surface area contributed by atoms with Gasteiger partial charge in [-0.3, -0.25) is 9.78 Å². The Morgan fingerprint density at radius 3 is 2.81 bits per heavy atom. The summed E-state index contributed by atoms with van der Waals surface area (Å²) in [4.78, 5) is 16.4. The highest BCUT2D eigenvalue weighted by atomic mass is 32.2. The molecule has 0 aliphatic rings. The van der Waals surface area contributed by atoms with Crippen LogP contribution in [0.5, 0.6) is 0 Å². The van der Waals surface area contributed by atoms with Crippen LogP contribution in [0.4, 0.5) is 0 Å². The van der Waals surface area contributed by atoms with Crippen LogP contribution in [0, 0.1) is 0 Å². The van der Waals surface area contributed by atoms with Gasteiger partial charge in [-0.25, -0.2) is 12.7 Å². The molecule has 2 aromatic heterocycles. The van der Waals surface area contributed by atoms with E-state index in [0.717, 1.165) is 21.2 Å². The topological polar surface area (TPSA) is 79.4 Å². The summed E-state index contributed by atoms with van der Waals surface area (Å²) in [6, 6.07) is 5.02. The normalized spacial score (nSPS) is 11.6. The number of carbonyl (C=O) groups is 1. The van der Waals surface area contributed by atoms with Gasteiger partial charge in [-0.15, -0.1) is 11.3 Å². The minimum atomic E-state index is -3.50. The third-order valence-electron chi connectivity index (χ3n) is 2.75. The lowest BCUT2D eigenvalue weighted by atomic mass is 10.3. The van der Waals surface area contributed by atoms with Gasteiger partial charge in [0.05, 0.1) is 9.77 Å². The monoisotopic (exact) mass is 325 g/mol. The van der Waals surface area contributed by atoms with Gasteiger partial charge in [-0.05, 0) is 17.7 Å². The van der Waals surface area contributed by atoms with E-state index in [9.17, 15) is 13.2 Å². The first kappa shape index (κ1) is 15.6. The summed E-state index contributed by atoms with van der Waals surface area (Å²) in [6.45, 7) is 0.348. The van der Waals surface area contributed by atoms with Crippen LogP contribution in [0.2, 0.25) is 0 Å². The zero-order valence-corrected chi connectivity index (χ0v) is 13.2. The Balaban J connectivity index is 2.06. The van der Waals surface area contributed by atoms with Gasteiger partial charge in [0.25, 0.3) is 5.91 Å². The minimum Gasteiger partial charge on any atom is -0.347 e. The second-order valence-electron chi connectivity index (χ2n) is 4.48. The highest BCUT2D eigenvalue weighted by molar-refractivity contribution is 7.89. The summed E-state index contributed by atoms with van der Waals surface area (Å²) in [5, 5.41) is 4.20. The highest BCUT2D eigenvalue weighted by Crippen LogP contribution is 2.21. The first-order chi connectivity index (χ1) is 9.91. The number of pyridine rings is 1. The van der Waals surface area contributed by atoms with Crippen molar-refractivity contribution < 1.29 is 13.2 Å². The Kier molecular flexibility index (Phi) is 4.71. The summed E-state index contributed by atoms with van der Waals surface area (Å²) < 4.78 is 25.0. The molecular weight excluding hydrogens is 310 g/mol. The van der Waals surface area contributed by atoms with Gasteiger partial charge in [-0.2, -0.15) is 0 Å². The largest absolute Gasteiger partial charge is 0.347 e. The zero-order valence-electron chi connectivity index (χ0n) is 11.6. The molecule has 21 heavy (non-hydrogen) atoms. The van der Waals surface area contributed by atoms with Crippen molar-refractivity contribution in [2.24, 2.45) is 0 Å². The fourth-order valence-corrected chi connectivity index (χ4v) is 3.64. The molecule has 0 spiro atoms. The number of rotatable bonds is 5. The van der Waals surface area contributed by atoms with E-state index in [1.165, 1.54) is 25.5 Å². The van der Waals surface area contributed by atoms with Gasteiger partial charge >= 0.3 is 0 Å². The van der Waals surface area contributed by atoms with E-state index in [0.29, 0.717) is 11.4 Å². The Bertz CT molecular complexity index is 724. The fraction of sp³-hybridized carbons (Fsp3) is 0.231. The number of aromatic nitrogens is 1. The average Bonchev–Trinajstić information content (AvgIpc) is 2.96. The molecule has 0 bridgehead atoms. The Hall–Kier alpha value is -1.77. The molecule has 0 fully saturated rings. The van der Waals surface area contributed by atoms with E-state index in [1.54, 1.807) is 18.5 Å². The molecule has 0 aliphatic heterocycles. The van der Waals surface area contributed by atoms with Gasteiger partial charge in [0.15, 0.2) is 0 Å². The summed E-state index contributed by atoms with van der Waals surface area (Å²) in [5.41, 5.74) is 0.878. The smallest absolute Gasteiger partial charge is 0.261 e. The average molecular weight is 325 g/mol. The molecule has 2 rings (SSSR count). The molecule has 0 aromatic carbocycles. The number of hydrogen-bond acceptors (Lipinski definition) is 5. The van der Waals surface area contributed by atoms with Crippen molar-refractivity contribution in [1.29, 1.82) is 0 Å². The number of hydrogen-bond donors (Lipinski definition) is 1. The maximum absolute atomic E-state index is 12.0. The number of nitrogens with zero attached hydrogens (tertiary/aromatic N) is 2. The highest BCUT2D eigenvalue weighted by Gasteiger charge is 2.20. The minimum absolute atomic E-state index is 0.129. The van der Waals surface area contributed by atoms with Crippen molar-refractivity contribution in [3.63, 3.8) is 0 Å². The molecule has 2 heterocycles. The van der Waals surface area contributed by atoms with Crippen LogP contribution in [0.25, 0.3) is 0 Å². The second-order valence-corrected chi connectivity index (χ2v) is 7.54. The Labute approximate surface area is 127 Å². The Morgan fingerprint density at radius 2 is 2.19 bits per heavy atom. The molecular formula is C13H15N3O3S2. The van der Waals surface area contributed by atoms with E-state index in [2.05, 4.69) is 10.3 Å². The standard InChI is InChI=1S/C13H15N3O3S2/c1-16(2)21(18,19)11-6-12(20-9-11)13(17)15-8-10-4-3-5-14-7-10/h3-7,9H,8H2,1-2H3,(H,15,17). The molecule has 0 radical (unpaired) electrons.